The van der Waals surface area contributed by atoms with E-state index in [2.05, 4.69) is 0 Å². The molecule has 8 unspecified atom stereocenters. The number of fused-ring (bicyclic) bond motifs is 9. The quantitative estimate of drug-likeness (QED) is 0.449. The van der Waals surface area contributed by atoms with E-state index in [0.717, 1.165) is 35.5 Å². The molecule has 124 valence electrons. The molecule has 0 spiro atoms. The predicted octanol–water partition coefficient (Wildman–Crippen LogP) is 4.01. The topological polar surface area (TPSA) is 35.5 Å². The van der Waals surface area contributed by atoms with Crippen LogP contribution >= 0.6 is 0 Å². The van der Waals surface area contributed by atoms with Crippen LogP contribution in [0.1, 0.15) is 59.8 Å². The molecule has 0 saturated heterocycles. The summed E-state index contributed by atoms with van der Waals surface area (Å²) in [6, 6.07) is 0. The van der Waals surface area contributed by atoms with Crippen molar-refractivity contribution in [2.24, 2.45) is 40.9 Å². The molecular weight excluding hydrogens is 276 g/mol. The summed E-state index contributed by atoms with van der Waals surface area (Å²) in [4.78, 5) is 12.0. The first kappa shape index (κ1) is 15.0. The lowest BCUT2D eigenvalue weighted by atomic mass is 9.70. The summed E-state index contributed by atoms with van der Waals surface area (Å²) in [6.45, 7) is 7.55. The molecule has 22 heavy (non-hydrogen) atoms. The van der Waals surface area contributed by atoms with Gasteiger partial charge in [-0.15, -0.1) is 0 Å². The molecule has 4 aliphatic carbocycles. The molecule has 3 nitrogen and oxygen atoms in total. The zero-order valence-electron chi connectivity index (χ0n) is 14.4. The maximum Gasteiger partial charge on any atom is 0.313 e. The van der Waals surface area contributed by atoms with Gasteiger partial charge in [-0.1, -0.05) is 0 Å². The summed E-state index contributed by atoms with van der Waals surface area (Å²) >= 11 is 0. The van der Waals surface area contributed by atoms with Gasteiger partial charge in [0, 0.05) is 0 Å². The van der Waals surface area contributed by atoms with Gasteiger partial charge >= 0.3 is 5.97 Å². The molecule has 0 aliphatic heterocycles. The molecule has 0 aromatic carbocycles. The average molecular weight is 306 g/mol. The van der Waals surface area contributed by atoms with Gasteiger partial charge in [0.2, 0.25) is 0 Å². The third-order valence-electron chi connectivity index (χ3n) is 6.92. The van der Waals surface area contributed by atoms with Crippen molar-refractivity contribution >= 4 is 5.97 Å². The van der Waals surface area contributed by atoms with E-state index in [0.29, 0.717) is 6.10 Å². The van der Waals surface area contributed by atoms with Crippen molar-refractivity contribution in [3.05, 3.63) is 0 Å². The number of hydrogen-bond acceptors (Lipinski definition) is 3. The van der Waals surface area contributed by atoms with E-state index in [1.165, 1.54) is 32.1 Å². The molecule has 4 rings (SSSR count). The van der Waals surface area contributed by atoms with Gasteiger partial charge in [-0.25, -0.2) is 0 Å². The lowest BCUT2D eigenvalue weighted by molar-refractivity contribution is -0.201. The molecule has 0 amide bonds. The van der Waals surface area contributed by atoms with Crippen molar-refractivity contribution in [2.45, 2.75) is 72.2 Å². The fourth-order valence-electron chi connectivity index (χ4n) is 6.26. The second kappa shape index (κ2) is 4.96. The van der Waals surface area contributed by atoms with E-state index >= 15 is 0 Å². The smallest absolute Gasteiger partial charge is 0.313 e. The molecule has 4 fully saturated rings. The monoisotopic (exact) mass is 306 g/mol. The first-order valence-electron chi connectivity index (χ1n) is 9.21. The second-order valence-corrected chi connectivity index (χ2v) is 9.28. The van der Waals surface area contributed by atoms with Crippen LogP contribution in [0.5, 0.6) is 0 Å². The molecule has 0 N–H and O–H groups in total. The Hall–Kier alpha value is -0.570. The largest absolute Gasteiger partial charge is 0.436 e. The van der Waals surface area contributed by atoms with Crippen LogP contribution in [0.25, 0.3) is 0 Å². The SMILES string of the molecule is CC(OC(=O)C(C)(C)C)OC1CC2CC1C1C3CCC(C3)C21. The Kier molecular flexibility index (Phi) is 3.38. The van der Waals surface area contributed by atoms with Crippen molar-refractivity contribution < 1.29 is 14.3 Å². The normalized spacial score (nSPS) is 46.8. The van der Waals surface area contributed by atoms with Gasteiger partial charge in [0.25, 0.3) is 0 Å². The molecule has 0 aromatic rings. The Morgan fingerprint density at radius 3 is 2.36 bits per heavy atom. The first-order valence-corrected chi connectivity index (χ1v) is 9.21. The maximum atomic E-state index is 12.0. The highest BCUT2D eigenvalue weighted by molar-refractivity contribution is 5.75. The molecule has 0 aromatic heterocycles. The molecule has 4 aliphatic rings. The molecule has 3 heteroatoms. The van der Waals surface area contributed by atoms with E-state index < -0.39 is 11.7 Å². The summed E-state index contributed by atoms with van der Waals surface area (Å²) in [5.74, 6) is 5.40. The Morgan fingerprint density at radius 2 is 1.68 bits per heavy atom. The summed E-state index contributed by atoms with van der Waals surface area (Å²) in [5.41, 5.74) is -0.456. The lowest BCUT2D eigenvalue weighted by Crippen LogP contribution is -2.39. The Labute approximate surface area is 134 Å². The molecular formula is C19H30O3. The third-order valence-corrected chi connectivity index (χ3v) is 6.92. The number of carbonyl (C=O) groups excluding carboxylic acids is 1. The fourth-order valence-corrected chi connectivity index (χ4v) is 6.26. The first-order chi connectivity index (χ1) is 10.3. The standard InChI is InChI=1S/C19H30O3/c1-10(22-18(20)19(2,3)4)21-15-9-13-8-14(15)17-12-6-5-11(7-12)16(13)17/h10-17H,5-9H2,1-4H3. The molecule has 0 radical (unpaired) electrons. The van der Waals surface area contributed by atoms with Gasteiger partial charge in [0.05, 0.1) is 11.5 Å². The fraction of sp³-hybridized carbons (Fsp3) is 0.947. The molecule has 8 atom stereocenters. The van der Waals surface area contributed by atoms with E-state index in [9.17, 15) is 4.79 Å². The molecule has 4 bridgehead atoms. The minimum Gasteiger partial charge on any atom is -0.436 e. The summed E-state index contributed by atoms with van der Waals surface area (Å²) in [6.07, 6.45) is 6.92. The Bertz CT molecular complexity index is 466. The summed E-state index contributed by atoms with van der Waals surface area (Å²) in [7, 11) is 0. The van der Waals surface area contributed by atoms with Gasteiger partial charge in [0.1, 0.15) is 0 Å². The van der Waals surface area contributed by atoms with Crippen LogP contribution in [0.15, 0.2) is 0 Å². The highest BCUT2D eigenvalue weighted by Crippen LogP contribution is 2.67. The number of ether oxygens (including phenoxy) is 2. The van der Waals surface area contributed by atoms with Gasteiger partial charge in [-0.3, -0.25) is 4.79 Å². The van der Waals surface area contributed by atoms with E-state index in [1.807, 2.05) is 27.7 Å². The molecule has 4 saturated carbocycles. The van der Waals surface area contributed by atoms with Gasteiger partial charge in [-0.05, 0) is 95.3 Å². The Morgan fingerprint density at radius 1 is 1.00 bits per heavy atom. The zero-order chi connectivity index (χ0) is 15.6. The molecule has 0 heterocycles. The van der Waals surface area contributed by atoms with Crippen LogP contribution in [-0.2, 0) is 14.3 Å². The third kappa shape index (κ3) is 2.23. The van der Waals surface area contributed by atoms with Crippen LogP contribution in [0.3, 0.4) is 0 Å². The summed E-state index contributed by atoms with van der Waals surface area (Å²) in [5, 5.41) is 0. The van der Waals surface area contributed by atoms with Crippen LogP contribution < -0.4 is 0 Å². The van der Waals surface area contributed by atoms with Crippen LogP contribution in [0.4, 0.5) is 0 Å². The van der Waals surface area contributed by atoms with E-state index in [4.69, 9.17) is 9.47 Å². The van der Waals surface area contributed by atoms with Crippen LogP contribution in [0.2, 0.25) is 0 Å². The van der Waals surface area contributed by atoms with Crippen molar-refractivity contribution in [1.82, 2.24) is 0 Å². The van der Waals surface area contributed by atoms with Crippen LogP contribution in [0, 0.1) is 40.9 Å². The van der Waals surface area contributed by atoms with Crippen LogP contribution in [-0.4, -0.2) is 18.4 Å². The Balaban J connectivity index is 1.37. The van der Waals surface area contributed by atoms with Crippen molar-refractivity contribution in [3.8, 4) is 0 Å². The van der Waals surface area contributed by atoms with E-state index in [1.54, 1.807) is 0 Å². The minimum atomic E-state index is -0.456. The summed E-state index contributed by atoms with van der Waals surface area (Å²) < 4.78 is 11.7. The van der Waals surface area contributed by atoms with Crippen molar-refractivity contribution in [2.75, 3.05) is 0 Å². The highest BCUT2D eigenvalue weighted by atomic mass is 16.7. The maximum absolute atomic E-state index is 12.0. The second-order valence-electron chi connectivity index (χ2n) is 9.28. The number of esters is 1. The minimum absolute atomic E-state index is 0.166. The predicted molar refractivity (Wildman–Crippen MR) is 83.9 cm³/mol. The number of carbonyl (C=O) groups is 1. The van der Waals surface area contributed by atoms with Crippen molar-refractivity contribution in [3.63, 3.8) is 0 Å². The van der Waals surface area contributed by atoms with Gasteiger partial charge in [0.15, 0.2) is 6.29 Å². The average Bonchev–Trinajstić information content (AvgIpc) is 3.15. The zero-order valence-corrected chi connectivity index (χ0v) is 14.4. The lowest BCUT2D eigenvalue weighted by Gasteiger charge is -2.39. The highest BCUT2D eigenvalue weighted by Gasteiger charge is 2.62. The van der Waals surface area contributed by atoms with Gasteiger partial charge < -0.3 is 9.47 Å². The van der Waals surface area contributed by atoms with Crippen molar-refractivity contribution in [1.29, 1.82) is 0 Å². The number of rotatable bonds is 3. The number of hydrogen-bond donors (Lipinski definition) is 0. The van der Waals surface area contributed by atoms with E-state index in [-0.39, 0.29) is 5.97 Å². The van der Waals surface area contributed by atoms with Gasteiger partial charge in [-0.2, -0.15) is 0 Å².